The minimum absolute atomic E-state index is 0.0440. The second kappa shape index (κ2) is 11.5. The van der Waals surface area contributed by atoms with Crippen LogP contribution in [0.5, 0.6) is 5.75 Å². The molecule has 1 amide bonds. The van der Waals surface area contributed by atoms with E-state index in [1.165, 1.54) is 0 Å². The number of hydrogen-bond acceptors (Lipinski definition) is 7. The first-order valence-electron chi connectivity index (χ1n) is 13.8. The highest BCUT2D eigenvalue weighted by molar-refractivity contribution is 6.30. The Balaban J connectivity index is 1.57. The van der Waals surface area contributed by atoms with Crippen molar-refractivity contribution in [3.63, 3.8) is 0 Å². The Hall–Kier alpha value is -3.92. The number of nitrogens with one attached hydrogen (secondary N) is 1. The number of hydrogen-bond donors (Lipinski definition) is 1. The van der Waals surface area contributed by atoms with Gasteiger partial charge >= 0.3 is 11.8 Å². The first-order valence-corrected chi connectivity index (χ1v) is 14.2. The molecule has 0 radical (unpaired) electrons. The quantitative estimate of drug-likeness (QED) is 0.295. The zero-order chi connectivity index (χ0) is 29.3. The molecule has 1 aliphatic carbocycles. The number of nitrogens with zero attached hydrogens (tertiary/aromatic N) is 4. The molecule has 11 heteroatoms. The molecule has 2 aromatic rings. The first kappa shape index (κ1) is 28.6. The van der Waals surface area contributed by atoms with Crippen LogP contribution in [-0.4, -0.2) is 48.8 Å². The van der Waals surface area contributed by atoms with Gasteiger partial charge in [-0.25, -0.2) is 14.6 Å². The largest absolute Gasteiger partial charge is 0.490 e. The number of ether oxygens (including phenoxy) is 2. The standard InChI is InChI=1S/C30H34ClN5O5/c1-18-15-22-23(16-24(18)40-21-7-5-6-8-21)36(26-25(32-22)27(37)34-28(38)33-26)14-13-35(29(39)41-30(2,3)4)17-19-9-11-20(31)12-10-19/h9-12,15-16,21H,5-8,13-14,17H2,1-4H3,(H,34,37,38). The Morgan fingerprint density at radius 3 is 2.51 bits per heavy atom. The molecule has 0 unspecified atom stereocenters. The molecule has 10 nitrogen and oxygen atoms in total. The van der Waals surface area contributed by atoms with E-state index in [9.17, 15) is 14.4 Å². The molecule has 2 heterocycles. The number of fused-ring (bicyclic) bond motifs is 2. The van der Waals surface area contributed by atoms with Crippen molar-refractivity contribution < 1.29 is 14.3 Å². The maximum absolute atomic E-state index is 13.3. The predicted molar refractivity (Wildman–Crippen MR) is 157 cm³/mol. The lowest BCUT2D eigenvalue weighted by Gasteiger charge is -2.28. The molecule has 0 spiro atoms. The summed E-state index contributed by atoms with van der Waals surface area (Å²) in [6, 6.07) is 11.0. The van der Waals surface area contributed by atoms with Gasteiger partial charge in [-0.15, -0.1) is 0 Å². The number of aryl methyl sites for hydroxylation is 1. The van der Waals surface area contributed by atoms with Crippen molar-refractivity contribution in [3.05, 3.63) is 73.4 Å². The lowest BCUT2D eigenvalue weighted by atomic mass is 10.1. The van der Waals surface area contributed by atoms with Crippen LogP contribution < -0.4 is 16.0 Å². The zero-order valence-electron chi connectivity index (χ0n) is 23.7. The third kappa shape index (κ3) is 6.70. The Kier molecular flexibility index (Phi) is 8.04. The summed E-state index contributed by atoms with van der Waals surface area (Å²) in [6.07, 6.45) is 3.92. The highest BCUT2D eigenvalue weighted by atomic mass is 35.5. The Labute approximate surface area is 242 Å². The van der Waals surface area contributed by atoms with Gasteiger partial charge < -0.3 is 18.9 Å². The van der Waals surface area contributed by atoms with Crippen molar-refractivity contribution >= 4 is 28.7 Å². The summed E-state index contributed by atoms with van der Waals surface area (Å²) in [6.45, 7) is 8.05. The molecule has 5 rings (SSSR count). The molecule has 0 bridgehead atoms. The number of carbonyl (C=O) groups excluding carboxylic acids is 1. The van der Waals surface area contributed by atoms with E-state index >= 15 is 0 Å². The molecule has 41 heavy (non-hydrogen) atoms. The van der Waals surface area contributed by atoms with Gasteiger partial charge in [0.25, 0.3) is 5.56 Å². The third-order valence-electron chi connectivity index (χ3n) is 7.03. The van der Waals surface area contributed by atoms with Gasteiger partial charge in [-0.3, -0.25) is 9.78 Å². The summed E-state index contributed by atoms with van der Waals surface area (Å²) in [5.74, 6) is 0.856. The van der Waals surface area contributed by atoms with Crippen LogP contribution in [0.2, 0.25) is 5.02 Å². The maximum atomic E-state index is 13.3. The van der Waals surface area contributed by atoms with E-state index in [0.29, 0.717) is 16.1 Å². The molecule has 3 aliphatic rings. The number of rotatable bonds is 7. The number of benzene rings is 2. The van der Waals surface area contributed by atoms with Crippen LogP contribution in [0.15, 0.2) is 46.0 Å². The molecule has 2 aromatic carbocycles. The van der Waals surface area contributed by atoms with Crippen molar-refractivity contribution in [2.45, 2.75) is 78.2 Å². The maximum Gasteiger partial charge on any atom is 0.410 e. The van der Waals surface area contributed by atoms with Crippen LogP contribution >= 0.6 is 11.6 Å². The summed E-state index contributed by atoms with van der Waals surface area (Å²) in [5.41, 5.74) is 0.920. The summed E-state index contributed by atoms with van der Waals surface area (Å²) in [4.78, 5) is 50.8. The number of H-pyrrole nitrogens is 1. The highest BCUT2D eigenvalue weighted by Gasteiger charge is 2.25. The monoisotopic (exact) mass is 579 g/mol. The highest BCUT2D eigenvalue weighted by Crippen LogP contribution is 2.31. The van der Waals surface area contributed by atoms with E-state index in [1.54, 1.807) is 21.6 Å². The van der Waals surface area contributed by atoms with E-state index in [4.69, 9.17) is 21.1 Å². The van der Waals surface area contributed by atoms with Crippen LogP contribution in [-0.2, 0) is 17.8 Å². The van der Waals surface area contributed by atoms with Crippen molar-refractivity contribution in [1.29, 1.82) is 0 Å². The van der Waals surface area contributed by atoms with Crippen LogP contribution in [0.25, 0.3) is 22.6 Å². The van der Waals surface area contributed by atoms with Gasteiger partial charge in [0.15, 0.2) is 11.5 Å². The van der Waals surface area contributed by atoms with Gasteiger partial charge in [-0.2, -0.15) is 4.98 Å². The van der Waals surface area contributed by atoms with E-state index in [1.807, 2.05) is 52.0 Å². The third-order valence-corrected chi connectivity index (χ3v) is 7.29. The fourth-order valence-electron chi connectivity index (χ4n) is 5.06. The molecular weight excluding hydrogens is 546 g/mol. The topological polar surface area (TPSA) is 119 Å². The molecule has 1 saturated carbocycles. The van der Waals surface area contributed by atoms with E-state index < -0.39 is 22.9 Å². The zero-order valence-corrected chi connectivity index (χ0v) is 24.5. The smallest absolute Gasteiger partial charge is 0.410 e. The minimum atomic E-state index is -0.767. The molecule has 0 atom stereocenters. The summed E-state index contributed by atoms with van der Waals surface area (Å²) in [5, 5.41) is 0.596. The molecule has 2 aliphatic heterocycles. The lowest BCUT2D eigenvalue weighted by molar-refractivity contribution is 0.0227. The number of aromatic nitrogens is 4. The van der Waals surface area contributed by atoms with Gasteiger partial charge in [0.1, 0.15) is 11.4 Å². The van der Waals surface area contributed by atoms with E-state index in [0.717, 1.165) is 42.6 Å². The van der Waals surface area contributed by atoms with Crippen LogP contribution in [0.3, 0.4) is 0 Å². The SMILES string of the molecule is Cc1cc2nc3c(=O)[nH]c(=O)nc-3n(CCN(Cc3ccc(Cl)cc3)C(=O)OC(C)(C)C)c2cc1OC1CCCC1. The average molecular weight is 580 g/mol. The van der Waals surface area contributed by atoms with Gasteiger partial charge in [-0.05, 0) is 82.7 Å². The van der Waals surface area contributed by atoms with E-state index in [2.05, 4.69) is 15.0 Å². The van der Waals surface area contributed by atoms with Gasteiger partial charge in [0, 0.05) is 30.7 Å². The Bertz CT molecular complexity index is 1650. The molecule has 0 aromatic heterocycles. The van der Waals surface area contributed by atoms with Crippen molar-refractivity contribution in [1.82, 2.24) is 24.4 Å². The van der Waals surface area contributed by atoms with Gasteiger partial charge in [0.2, 0.25) is 0 Å². The van der Waals surface area contributed by atoms with Crippen molar-refractivity contribution in [2.24, 2.45) is 0 Å². The number of halogens is 1. The second-order valence-electron chi connectivity index (χ2n) is 11.5. The van der Waals surface area contributed by atoms with Crippen LogP contribution in [0, 0.1) is 6.92 Å². The van der Waals surface area contributed by atoms with Crippen LogP contribution in [0.1, 0.15) is 57.6 Å². The molecule has 0 saturated heterocycles. The molecule has 1 N–H and O–H groups in total. The lowest BCUT2D eigenvalue weighted by Crippen LogP contribution is -2.38. The molecule has 1 fully saturated rings. The predicted octanol–water partition coefficient (Wildman–Crippen LogP) is 5.31. The normalized spacial score (nSPS) is 14.1. The fraction of sp³-hybridized carbons (Fsp3) is 0.433. The first-order chi connectivity index (χ1) is 19.5. The van der Waals surface area contributed by atoms with Gasteiger partial charge in [-0.1, -0.05) is 23.7 Å². The Morgan fingerprint density at radius 1 is 1.12 bits per heavy atom. The fourth-order valence-corrected chi connectivity index (χ4v) is 5.18. The van der Waals surface area contributed by atoms with Gasteiger partial charge in [0.05, 0.1) is 17.1 Å². The molecule has 216 valence electrons. The molecular formula is C30H34ClN5O5. The summed E-state index contributed by atoms with van der Waals surface area (Å²) >= 11 is 6.07. The number of amides is 1. The number of carbonyl (C=O) groups is 1. The summed E-state index contributed by atoms with van der Waals surface area (Å²) in [7, 11) is 0. The Morgan fingerprint density at radius 2 is 1.83 bits per heavy atom. The number of aromatic amines is 1. The van der Waals surface area contributed by atoms with Crippen LogP contribution in [0.4, 0.5) is 4.79 Å². The second-order valence-corrected chi connectivity index (χ2v) is 11.9. The minimum Gasteiger partial charge on any atom is -0.490 e. The van der Waals surface area contributed by atoms with E-state index in [-0.39, 0.29) is 37.3 Å². The van der Waals surface area contributed by atoms with Crippen molar-refractivity contribution in [3.8, 4) is 17.3 Å². The average Bonchev–Trinajstić information content (AvgIpc) is 3.40. The van der Waals surface area contributed by atoms with Crippen molar-refractivity contribution in [2.75, 3.05) is 6.54 Å². The summed E-state index contributed by atoms with van der Waals surface area (Å²) < 4.78 is 13.8.